The monoisotopic (exact) mass is 497 g/mol. The number of aromatic nitrogens is 1. The van der Waals surface area contributed by atoms with Crippen molar-refractivity contribution in [3.8, 4) is 0 Å². The Balaban J connectivity index is 0.00000338. The lowest BCUT2D eigenvalue weighted by atomic mass is 9.67. The molecule has 1 fully saturated rings. The number of hydrogen-bond donors (Lipinski definition) is 3. The van der Waals surface area contributed by atoms with Crippen LogP contribution in [0.5, 0.6) is 0 Å². The van der Waals surface area contributed by atoms with Crippen LogP contribution in [-0.2, 0) is 17.1 Å². The van der Waals surface area contributed by atoms with Crippen LogP contribution in [0.15, 0.2) is 28.3 Å². The van der Waals surface area contributed by atoms with E-state index in [1.807, 2.05) is 6.92 Å². The van der Waals surface area contributed by atoms with Gasteiger partial charge in [0.1, 0.15) is 0 Å². The Labute approximate surface area is 174 Å². The van der Waals surface area contributed by atoms with Gasteiger partial charge in [0, 0.05) is 45.6 Å². The number of nitrogens with zero attached hydrogens (tertiary/aromatic N) is 2. The molecule has 0 unspecified atom stereocenters. The van der Waals surface area contributed by atoms with Gasteiger partial charge in [-0.1, -0.05) is 13.3 Å². The summed E-state index contributed by atoms with van der Waals surface area (Å²) >= 11 is 0. The van der Waals surface area contributed by atoms with Crippen molar-refractivity contribution in [2.24, 2.45) is 17.5 Å². The van der Waals surface area contributed by atoms with Crippen molar-refractivity contribution in [2.45, 2.75) is 44.4 Å². The molecule has 1 aromatic rings. The van der Waals surface area contributed by atoms with Crippen LogP contribution in [-0.4, -0.2) is 45.1 Å². The average molecular weight is 497 g/mol. The molecular formula is C17H32IN5O2S. The molecule has 0 aromatic carbocycles. The number of aryl methyl sites for hydroxylation is 1. The number of guanidine groups is 1. The Morgan fingerprint density at radius 3 is 2.50 bits per heavy atom. The molecule has 1 heterocycles. The van der Waals surface area contributed by atoms with Gasteiger partial charge >= 0.3 is 0 Å². The molecule has 150 valence electrons. The van der Waals surface area contributed by atoms with E-state index in [2.05, 4.69) is 27.3 Å². The van der Waals surface area contributed by atoms with Crippen LogP contribution in [0.3, 0.4) is 0 Å². The SMILES string of the molecule is CCNC(=NCC1(CC)CCC1)NCCNS(=O)(=O)c1ccn(C)c1.I. The fraction of sp³-hybridized carbons (Fsp3) is 0.706. The van der Waals surface area contributed by atoms with Crippen LogP contribution < -0.4 is 15.4 Å². The van der Waals surface area contributed by atoms with E-state index in [0.717, 1.165) is 25.5 Å². The Morgan fingerprint density at radius 1 is 1.27 bits per heavy atom. The van der Waals surface area contributed by atoms with Gasteiger partial charge in [-0.25, -0.2) is 13.1 Å². The summed E-state index contributed by atoms with van der Waals surface area (Å²) in [6, 6.07) is 1.59. The molecule has 1 aromatic heterocycles. The number of nitrogens with one attached hydrogen (secondary N) is 3. The molecule has 2 rings (SSSR count). The minimum atomic E-state index is -3.46. The normalized spacial score (nSPS) is 16.5. The third kappa shape index (κ3) is 6.41. The van der Waals surface area contributed by atoms with Crippen molar-refractivity contribution in [3.05, 3.63) is 18.5 Å². The van der Waals surface area contributed by atoms with E-state index >= 15 is 0 Å². The van der Waals surface area contributed by atoms with E-state index in [-0.39, 0.29) is 28.9 Å². The summed E-state index contributed by atoms with van der Waals surface area (Å²) in [6.45, 7) is 6.65. The molecule has 1 aliphatic rings. The van der Waals surface area contributed by atoms with Crippen molar-refractivity contribution < 1.29 is 8.42 Å². The van der Waals surface area contributed by atoms with Crippen molar-refractivity contribution in [1.29, 1.82) is 0 Å². The molecule has 1 aliphatic carbocycles. The van der Waals surface area contributed by atoms with E-state index in [1.165, 1.54) is 19.3 Å². The third-order valence-corrected chi connectivity index (χ3v) is 6.35. The predicted molar refractivity (Wildman–Crippen MR) is 117 cm³/mol. The average Bonchev–Trinajstić information content (AvgIpc) is 2.98. The lowest BCUT2D eigenvalue weighted by Gasteiger charge is -2.40. The molecule has 0 amide bonds. The van der Waals surface area contributed by atoms with Crippen LogP contribution in [0.4, 0.5) is 0 Å². The number of halogens is 1. The lowest BCUT2D eigenvalue weighted by Crippen LogP contribution is -2.42. The van der Waals surface area contributed by atoms with Crippen LogP contribution >= 0.6 is 24.0 Å². The van der Waals surface area contributed by atoms with Gasteiger partial charge in [-0.2, -0.15) is 0 Å². The van der Waals surface area contributed by atoms with Gasteiger partial charge in [0.15, 0.2) is 5.96 Å². The van der Waals surface area contributed by atoms with Crippen molar-refractivity contribution in [3.63, 3.8) is 0 Å². The molecule has 26 heavy (non-hydrogen) atoms. The number of rotatable bonds is 9. The molecule has 7 nitrogen and oxygen atoms in total. The van der Waals surface area contributed by atoms with Gasteiger partial charge in [0.05, 0.1) is 4.90 Å². The van der Waals surface area contributed by atoms with E-state index < -0.39 is 10.0 Å². The van der Waals surface area contributed by atoms with E-state index in [1.54, 1.807) is 30.1 Å². The van der Waals surface area contributed by atoms with E-state index in [4.69, 9.17) is 0 Å². The standard InChI is InChI=1S/C17H31N5O2S.HI/c1-4-17(8-6-9-17)14-20-16(18-5-2)19-10-11-21-25(23,24)15-7-12-22(3)13-15;/h7,12-13,21H,4-6,8-11,14H2,1-3H3,(H2,18,19,20);1H. The summed E-state index contributed by atoms with van der Waals surface area (Å²) in [7, 11) is -1.66. The van der Waals surface area contributed by atoms with Gasteiger partial charge in [-0.15, -0.1) is 24.0 Å². The molecule has 0 saturated heterocycles. The first-order valence-electron chi connectivity index (χ1n) is 9.04. The summed E-state index contributed by atoms with van der Waals surface area (Å²) in [5, 5.41) is 6.42. The second-order valence-corrected chi connectivity index (χ2v) is 8.51. The minimum Gasteiger partial charge on any atom is -0.357 e. The Bertz CT molecular complexity index is 678. The first-order chi connectivity index (χ1) is 11.9. The smallest absolute Gasteiger partial charge is 0.242 e. The quantitative estimate of drug-likeness (QED) is 0.211. The highest BCUT2D eigenvalue weighted by molar-refractivity contribution is 14.0. The largest absolute Gasteiger partial charge is 0.357 e. The van der Waals surface area contributed by atoms with Gasteiger partial charge in [-0.3, -0.25) is 4.99 Å². The molecule has 0 aliphatic heterocycles. The Kier molecular flexibility index (Phi) is 9.39. The lowest BCUT2D eigenvalue weighted by molar-refractivity contribution is 0.139. The Morgan fingerprint density at radius 2 is 2.00 bits per heavy atom. The van der Waals surface area contributed by atoms with Crippen LogP contribution in [0.2, 0.25) is 0 Å². The number of hydrogen-bond acceptors (Lipinski definition) is 3. The second-order valence-electron chi connectivity index (χ2n) is 6.74. The van der Waals surface area contributed by atoms with Crippen molar-refractivity contribution in [1.82, 2.24) is 19.9 Å². The number of aliphatic imine (C=N–C) groups is 1. The predicted octanol–water partition coefficient (Wildman–Crippen LogP) is 2.06. The molecule has 1 saturated carbocycles. The summed E-state index contributed by atoms with van der Waals surface area (Å²) < 4.78 is 28.6. The highest BCUT2D eigenvalue weighted by Crippen LogP contribution is 2.43. The molecule has 9 heteroatoms. The van der Waals surface area contributed by atoms with Gasteiger partial charge < -0.3 is 15.2 Å². The molecule has 0 radical (unpaired) electrons. The zero-order chi connectivity index (χ0) is 18.3. The van der Waals surface area contributed by atoms with Crippen LogP contribution in [0.1, 0.15) is 39.5 Å². The van der Waals surface area contributed by atoms with Gasteiger partial charge in [0.2, 0.25) is 10.0 Å². The van der Waals surface area contributed by atoms with Gasteiger partial charge in [-0.05, 0) is 37.7 Å². The highest BCUT2D eigenvalue weighted by atomic mass is 127. The highest BCUT2D eigenvalue weighted by Gasteiger charge is 2.34. The van der Waals surface area contributed by atoms with Gasteiger partial charge in [0.25, 0.3) is 0 Å². The molecule has 3 N–H and O–H groups in total. The van der Waals surface area contributed by atoms with E-state index in [0.29, 0.717) is 18.5 Å². The fourth-order valence-electron chi connectivity index (χ4n) is 2.98. The Hall–Kier alpha value is -0.810. The maximum atomic E-state index is 12.2. The number of sulfonamides is 1. The van der Waals surface area contributed by atoms with E-state index in [9.17, 15) is 8.42 Å². The molecule has 0 bridgehead atoms. The van der Waals surface area contributed by atoms with Crippen LogP contribution in [0.25, 0.3) is 0 Å². The second kappa shape index (κ2) is 10.5. The molecular weight excluding hydrogens is 465 g/mol. The topological polar surface area (TPSA) is 87.5 Å². The fourth-order valence-corrected chi connectivity index (χ4v) is 4.06. The van der Waals surface area contributed by atoms with Crippen molar-refractivity contribution in [2.75, 3.05) is 26.2 Å². The summed E-state index contributed by atoms with van der Waals surface area (Å²) in [5.74, 6) is 0.751. The van der Waals surface area contributed by atoms with Crippen LogP contribution in [0, 0.1) is 5.41 Å². The molecule has 0 atom stereocenters. The first-order valence-corrected chi connectivity index (χ1v) is 10.5. The zero-order valence-corrected chi connectivity index (χ0v) is 19.1. The maximum Gasteiger partial charge on any atom is 0.242 e. The summed E-state index contributed by atoms with van der Waals surface area (Å²) in [6.07, 6.45) is 8.27. The minimum absolute atomic E-state index is 0. The zero-order valence-electron chi connectivity index (χ0n) is 15.9. The van der Waals surface area contributed by atoms with Crippen molar-refractivity contribution >= 4 is 40.0 Å². The summed E-state index contributed by atoms with van der Waals surface area (Å²) in [5.41, 5.74) is 0.372. The molecule has 0 spiro atoms. The third-order valence-electron chi connectivity index (χ3n) is 4.91. The summed E-state index contributed by atoms with van der Waals surface area (Å²) in [4.78, 5) is 4.97. The first kappa shape index (κ1) is 23.2. The maximum absolute atomic E-state index is 12.2.